The van der Waals surface area contributed by atoms with Gasteiger partial charge in [-0.25, -0.2) is 14.8 Å². The quantitative estimate of drug-likeness (QED) is 0.690. The molecular formula is C13H14N4O3S. The van der Waals surface area contributed by atoms with Crippen molar-refractivity contribution in [1.82, 2.24) is 20.3 Å². The maximum absolute atomic E-state index is 11.8. The van der Waals surface area contributed by atoms with E-state index >= 15 is 0 Å². The summed E-state index contributed by atoms with van der Waals surface area (Å²) in [6.45, 7) is 1.87. The molecule has 0 aliphatic carbocycles. The number of nitrogens with zero attached hydrogens (tertiary/aromatic N) is 2. The van der Waals surface area contributed by atoms with Crippen LogP contribution >= 0.6 is 11.3 Å². The zero-order valence-corrected chi connectivity index (χ0v) is 12.1. The highest BCUT2D eigenvalue weighted by atomic mass is 32.1. The number of carbonyl (C=O) groups excluding carboxylic acids is 1. The van der Waals surface area contributed by atoms with E-state index in [2.05, 4.69) is 20.3 Å². The van der Waals surface area contributed by atoms with Gasteiger partial charge in [0.05, 0.1) is 17.0 Å². The molecule has 0 aliphatic heterocycles. The second-order valence-corrected chi connectivity index (χ2v) is 5.37. The van der Waals surface area contributed by atoms with Gasteiger partial charge in [0, 0.05) is 29.8 Å². The van der Waals surface area contributed by atoms with Crippen molar-refractivity contribution in [2.45, 2.75) is 19.4 Å². The fraction of sp³-hybridized carbons (Fsp3) is 0.231. The lowest BCUT2D eigenvalue weighted by atomic mass is 10.1. The smallest absolute Gasteiger partial charge is 0.326 e. The van der Waals surface area contributed by atoms with Crippen molar-refractivity contribution in [2.75, 3.05) is 0 Å². The predicted octanol–water partition coefficient (Wildman–Crippen LogP) is 1.000. The summed E-state index contributed by atoms with van der Waals surface area (Å²) < 4.78 is 0. The summed E-state index contributed by atoms with van der Waals surface area (Å²) >= 11 is 1.48. The molecule has 2 heterocycles. The molecule has 1 amide bonds. The Labute approximate surface area is 124 Å². The number of aliphatic carboxylic acids is 1. The largest absolute Gasteiger partial charge is 0.480 e. The summed E-state index contributed by atoms with van der Waals surface area (Å²) in [5, 5.41) is 14.3. The summed E-state index contributed by atoms with van der Waals surface area (Å²) in [6.07, 6.45) is 5.95. The molecule has 0 saturated heterocycles. The lowest BCUT2D eigenvalue weighted by Gasteiger charge is -2.11. The Morgan fingerprint density at radius 1 is 1.57 bits per heavy atom. The van der Waals surface area contributed by atoms with Crippen LogP contribution in [0, 0.1) is 6.92 Å². The molecule has 0 aliphatic rings. The minimum Gasteiger partial charge on any atom is -0.480 e. The number of hydrogen-bond donors (Lipinski definition) is 3. The van der Waals surface area contributed by atoms with Gasteiger partial charge < -0.3 is 15.4 Å². The first-order chi connectivity index (χ1) is 10.0. The van der Waals surface area contributed by atoms with E-state index < -0.39 is 17.9 Å². The first kappa shape index (κ1) is 14.9. The number of imidazole rings is 1. The van der Waals surface area contributed by atoms with Gasteiger partial charge in [0.1, 0.15) is 6.04 Å². The number of carbonyl (C=O) groups is 2. The molecule has 2 rings (SSSR count). The maximum Gasteiger partial charge on any atom is 0.326 e. The first-order valence-electron chi connectivity index (χ1n) is 6.15. The summed E-state index contributed by atoms with van der Waals surface area (Å²) in [4.78, 5) is 33.7. The number of nitrogens with one attached hydrogen (secondary N) is 2. The number of aromatic amines is 1. The van der Waals surface area contributed by atoms with Crippen molar-refractivity contribution in [2.24, 2.45) is 0 Å². The molecule has 21 heavy (non-hydrogen) atoms. The van der Waals surface area contributed by atoms with E-state index in [1.807, 2.05) is 12.3 Å². The van der Waals surface area contributed by atoms with Gasteiger partial charge in [-0.1, -0.05) is 0 Å². The molecule has 0 spiro atoms. The van der Waals surface area contributed by atoms with E-state index in [0.29, 0.717) is 11.4 Å². The van der Waals surface area contributed by atoms with Gasteiger partial charge in [0.25, 0.3) is 0 Å². The van der Waals surface area contributed by atoms with E-state index in [9.17, 15) is 9.59 Å². The number of carboxylic acids is 1. The van der Waals surface area contributed by atoms with E-state index in [1.54, 1.807) is 6.08 Å². The molecule has 0 aromatic carbocycles. The molecule has 110 valence electrons. The van der Waals surface area contributed by atoms with E-state index in [4.69, 9.17) is 5.11 Å². The molecule has 0 fully saturated rings. The van der Waals surface area contributed by atoms with E-state index in [1.165, 1.54) is 29.9 Å². The van der Waals surface area contributed by atoms with Crippen LogP contribution in [0.3, 0.4) is 0 Å². The number of rotatable bonds is 6. The third kappa shape index (κ3) is 4.53. The topological polar surface area (TPSA) is 108 Å². The van der Waals surface area contributed by atoms with Crippen molar-refractivity contribution in [3.05, 3.63) is 40.4 Å². The molecule has 0 saturated carbocycles. The third-order valence-corrected chi connectivity index (χ3v) is 3.43. The predicted molar refractivity (Wildman–Crippen MR) is 77.7 cm³/mol. The van der Waals surface area contributed by atoms with Crippen LogP contribution in [0.5, 0.6) is 0 Å². The zero-order chi connectivity index (χ0) is 15.2. The van der Waals surface area contributed by atoms with E-state index in [-0.39, 0.29) is 6.42 Å². The second kappa shape index (κ2) is 6.80. The van der Waals surface area contributed by atoms with Crippen LogP contribution in [0.1, 0.15) is 16.4 Å². The Morgan fingerprint density at radius 3 is 2.95 bits per heavy atom. The standard InChI is InChI=1S/C13H14N4O3S/c1-8-16-9(6-21-8)2-3-12(18)17-11(13(19)20)4-10-5-14-7-15-10/h2-3,5-7,11H,4H2,1H3,(H,14,15)(H,17,18)(H,19,20)/b3-2+/t11-/m1/s1. The second-order valence-electron chi connectivity index (χ2n) is 4.31. The molecule has 0 radical (unpaired) electrons. The van der Waals surface area contributed by atoms with Gasteiger partial charge >= 0.3 is 5.97 Å². The molecule has 8 heteroatoms. The van der Waals surface area contributed by atoms with Crippen LogP contribution in [0.25, 0.3) is 6.08 Å². The van der Waals surface area contributed by atoms with Crippen LogP contribution in [-0.2, 0) is 16.0 Å². The van der Waals surface area contributed by atoms with Gasteiger partial charge in [-0.2, -0.15) is 0 Å². The van der Waals surface area contributed by atoms with Gasteiger partial charge in [-0.15, -0.1) is 11.3 Å². The molecule has 2 aromatic rings. The third-order valence-electron chi connectivity index (χ3n) is 2.64. The van der Waals surface area contributed by atoms with Crippen LogP contribution in [0.15, 0.2) is 24.0 Å². The summed E-state index contributed by atoms with van der Waals surface area (Å²) in [5.41, 5.74) is 1.31. The van der Waals surface area contributed by atoms with Crippen molar-refractivity contribution in [1.29, 1.82) is 0 Å². The van der Waals surface area contributed by atoms with Crippen molar-refractivity contribution in [3.63, 3.8) is 0 Å². The minimum atomic E-state index is -1.10. The number of aromatic nitrogens is 3. The summed E-state index contributed by atoms with van der Waals surface area (Å²) in [6, 6.07) is -1.01. The average Bonchev–Trinajstić information content (AvgIpc) is 3.07. The highest BCUT2D eigenvalue weighted by Crippen LogP contribution is 2.09. The van der Waals surface area contributed by atoms with Crippen molar-refractivity contribution in [3.8, 4) is 0 Å². The van der Waals surface area contributed by atoms with Gasteiger partial charge in [-0.05, 0) is 13.0 Å². The van der Waals surface area contributed by atoms with Gasteiger partial charge in [0.15, 0.2) is 0 Å². The average molecular weight is 306 g/mol. The fourth-order valence-electron chi connectivity index (χ4n) is 1.65. The van der Waals surface area contributed by atoms with E-state index in [0.717, 1.165) is 5.01 Å². The molecule has 3 N–H and O–H groups in total. The Hall–Kier alpha value is -2.48. The SMILES string of the molecule is Cc1nc(/C=C/C(=O)N[C@H](Cc2cnc[nH]2)C(=O)O)cs1. The molecular weight excluding hydrogens is 292 g/mol. The van der Waals surface area contributed by atoms with Crippen molar-refractivity contribution < 1.29 is 14.7 Å². The number of carboxylic acid groups (broad SMARTS) is 1. The van der Waals surface area contributed by atoms with Crippen molar-refractivity contribution >= 4 is 29.3 Å². The highest BCUT2D eigenvalue weighted by molar-refractivity contribution is 7.09. The van der Waals surface area contributed by atoms with Crippen LogP contribution in [0.4, 0.5) is 0 Å². The molecule has 1 atom stereocenters. The number of H-pyrrole nitrogens is 1. The minimum absolute atomic E-state index is 0.144. The van der Waals surface area contributed by atoms with Gasteiger partial charge in [-0.3, -0.25) is 4.79 Å². The Balaban J connectivity index is 1.95. The first-order valence-corrected chi connectivity index (χ1v) is 7.03. The lowest BCUT2D eigenvalue weighted by molar-refractivity contribution is -0.141. The fourth-order valence-corrected chi connectivity index (χ4v) is 2.23. The van der Waals surface area contributed by atoms with Crippen LogP contribution in [-0.4, -0.2) is 38.0 Å². The molecule has 0 unspecified atom stereocenters. The number of amides is 1. The zero-order valence-electron chi connectivity index (χ0n) is 11.2. The lowest BCUT2D eigenvalue weighted by Crippen LogP contribution is -2.41. The van der Waals surface area contributed by atoms with Gasteiger partial charge in [0.2, 0.25) is 5.91 Å². The summed E-state index contributed by atoms with van der Waals surface area (Å²) in [7, 11) is 0. The molecule has 7 nitrogen and oxygen atoms in total. The number of hydrogen-bond acceptors (Lipinski definition) is 5. The maximum atomic E-state index is 11.8. The number of aryl methyl sites for hydroxylation is 1. The molecule has 2 aromatic heterocycles. The van der Waals surface area contributed by atoms with Crippen LogP contribution < -0.4 is 5.32 Å². The van der Waals surface area contributed by atoms with Crippen LogP contribution in [0.2, 0.25) is 0 Å². The monoisotopic (exact) mass is 306 g/mol. The summed E-state index contributed by atoms with van der Waals surface area (Å²) in [5.74, 6) is -1.58. The number of thiazole rings is 1. The highest BCUT2D eigenvalue weighted by Gasteiger charge is 2.19. The Morgan fingerprint density at radius 2 is 2.38 bits per heavy atom. The normalized spacial score (nSPS) is 12.4. The Kier molecular flexibility index (Phi) is 4.83. The Bertz CT molecular complexity index is 648. The molecule has 0 bridgehead atoms.